The molecule has 0 aliphatic carbocycles. The Morgan fingerprint density at radius 1 is 0.907 bits per heavy atom. The van der Waals surface area contributed by atoms with Gasteiger partial charge in [0.15, 0.2) is 0 Å². The first-order chi connectivity index (χ1) is 20.5. The van der Waals surface area contributed by atoms with Crippen molar-refractivity contribution in [3.8, 4) is 11.5 Å². The average molecular weight is 651 g/mol. The Hall–Kier alpha value is -3.47. The van der Waals surface area contributed by atoms with E-state index in [2.05, 4.69) is 5.32 Å². The maximum absolute atomic E-state index is 14.3. The van der Waals surface area contributed by atoms with Crippen molar-refractivity contribution in [1.82, 2.24) is 10.2 Å². The van der Waals surface area contributed by atoms with Gasteiger partial charge in [0.05, 0.1) is 34.8 Å². The van der Waals surface area contributed by atoms with Crippen LogP contribution in [0.3, 0.4) is 0 Å². The second-order valence-corrected chi connectivity index (χ2v) is 12.6. The van der Waals surface area contributed by atoms with Crippen molar-refractivity contribution < 1.29 is 27.5 Å². The first kappa shape index (κ1) is 34.0. The molecule has 0 fully saturated rings. The second-order valence-electron chi connectivity index (χ2n) is 9.87. The Morgan fingerprint density at radius 2 is 1.60 bits per heavy atom. The highest BCUT2D eigenvalue weighted by molar-refractivity contribution is 7.92. The molecule has 3 aromatic rings. The van der Waals surface area contributed by atoms with Crippen LogP contribution in [0.4, 0.5) is 5.69 Å². The molecular formula is C31H37Cl2N3O6S. The van der Waals surface area contributed by atoms with E-state index < -0.39 is 28.5 Å². The lowest BCUT2D eigenvalue weighted by atomic mass is 10.1. The Balaban J connectivity index is 2.15. The van der Waals surface area contributed by atoms with Crippen LogP contribution in [0.2, 0.25) is 10.0 Å². The number of rotatable bonds is 14. The number of nitrogens with one attached hydrogen (secondary N) is 1. The molecule has 43 heavy (non-hydrogen) atoms. The summed E-state index contributed by atoms with van der Waals surface area (Å²) >= 11 is 12.4. The van der Waals surface area contributed by atoms with Crippen molar-refractivity contribution in [2.45, 2.75) is 57.1 Å². The number of methoxy groups -OCH3 is 2. The topological polar surface area (TPSA) is 105 Å². The molecule has 0 spiro atoms. The largest absolute Gasteiger partial charge is 0.497 e. The van der Waals surface area contributed by atoms with Crippen LogP contribution in [0.5, 0.6) is 11.5 Å². The first-order valence-electron chi connectivity index (χ1n) is 13.8. The van der Waals surface area contributed by atoms with Crippen LogP contribution >= 0.6 is 23.2 Å². The maximum atomic E-state index is 14.3. The second kappa shape index (κ2) is 15.3. The molecule has 1 N–H and O–H groups in total. The van der Waals surface area contributed by atoms with E-state index in [1.165, 1.54) is 37.3 Å². The number of anilines is 1. The fourth-order valence-corrected chi connectivity index (χ4v) is 6.18. The van der Waals surface area contributed by atoms with E-state index in [1.807, 2.05) is 13.8 Å². The molecule has 3 rings (SSSR count). The van der Waals surface area contributed by atoms with Gasteiger partial charge in [-0.3, -0.25) is 13.9 Å². The fraction of sp³-hybridized carbons (Fsp3) is 0.355. The van der Waals surface area contributed by atoms with E-state index in [4.69, 9.17) is 32.7 Å². The lowest BCUT2D eigenvalue weighted by Gasteiger charge is -2.34. The molecule has 9 nitrogen and oxygen atoms in total. The Bertz CT molecular complexity index is 1520. The van der Waals surface area contributed by atoms with Gasteiger partial charge >= 0.3 is 0 Å². The molecule has 12 heteroatoms. The molecule has 3 aromatic carbocycles. The van der Waals surface area contributed by atoms with Gasteiger partial charge in [0.25, 0.3) is 10.0 Å². The highest BCUT2D eigenvalue weighted by Gasteiger charge is 2.35. The van der Waals surface area contributed by atoms with Gasteiger partial charge in [-0.1, -0.05) is 61.3 Å². The number of halogens is 2. The van der Waals surface area contributed by atoms with Gasteiger partial charge in [0.2, 0.25) is 11.8 Å². The van der Waals surface area contributed by atoms with Crippen LogP contribution in [0.25, 0.3) is 0 Å². The summed E-state index contributed by atoms with van der Waals surface area (Å²) in [6, 6.07) is 16.4. The quantitative estimate of drug-likeness (QED) is 0.232. The summed E-state index contributed by atoms with van der Waals surface area (Å²) in [7, 11) is -1.43. The summed E-state index contributed by atoms with van der Waals surface area (Å²) in [5.41, 5.74) is 0.722. The third-order valence-electron chi connectivity index (χ3n) is 6.99. The predicted molar refractivity (Wildman–Crippen MR) is 170 cm³/mol. The molecule has 232 valence electrons. The van der Waals surface area contributed by atoms with Gasteiger partial charge in [0.1, 0.15) is 24.1 Å². The number of sulfonamides is 1. The molecule has 0 saturated heterocycles. The third kappa shape index (κ3) is 8.34. The molecule has 0 aliphatic rings. The molecule has 0 saturated carbocycles. The summed E-state index contributed by atoms with van der Waals surface area (Å²) in [6.45, 7) is 4.96. The lowest BCUT2D eigenvalue weighted by Crippen LogP contribution is -2.53. The normalized spacial score (nSPS) is 12.6. The Morgan fingerprint density at radius 3 is 2.19 bits per heavy atom. The number of hydrogen-bond acceptors (Lipinski definition) is 6. The fourth-order valence-electron chi connectivity index (χ4n) is 4.42. The van der Waals surface area contributed by atoms with E-state index in [0.717, 1.165) is 4.31 Å². The van der Waals surface area contributed by atoms with Gasteiger partial charge < -0.3 is 19.7 Å². The molecule has 2 atom stereocenters. The summed E-state index contributed by atoms with van der Waals surface area (Å²) < 4.78 is 40.1. The number of amides is 2. The molecular weight excluding hydrogens is 613 g/mol. The lowest BCUT2D eigenvalue weighted by molar-refractivity contribution is -0.140. The maximum Gasteiger partial charge on any atom is 0.264 e. The van der Waals surface area contributed by atoms with E-state index in [9.17, 15) is 18.0 Å². The standard InChI is InChI=1S/C31H37Cl2N3O6S/c1-6-21(3)34-31(38)27(7-2)35(19-22-13-15-25(32)26(33)17-22)30(37)20-36(43(39,40)24-11-9-8-10-12-24)28-18-23(41-4)14-16-29(28)42-5/h8-18,21,27H,6-7,19-20H2,1-5H3,(H,34,38)/t21-,27-/m0/s1. The van der Waals surface area contributed by atoms with Gasteiger partial charge in [-0.05, 0) is 61.7 Å². The molecule has 0 heterocycles. The minimum atomic E-state index is -4.29. The van der Waals surface area contributed by atoms with Crippen LogP contribution in [0.1, 0.15) is 39.2 Å². The number of hydrogen-bond donors (Lipinski definition) is 1. The molecule has 0 aliphatic heterocycles. The number of carbonyl (C=O) groups excluding carboxylic acids is 2. The van der Waals surface area contributed by atoms with Crippen molar-refractivity contribution in [3.63, 3.8) is 0 Å². The molecule has 0 bridgehead atoms. The minimum Gasteiger partial charge on any atom is -0.497 e. The van der Waals surface area contributed by atoms with E-state index >= 15 is 0 Å². The van der Waals surface area contributed by atoms with Crippen LogP contribution in [-0.2, 0) is 26.2 Å². The van der Waals surface area contributed by atoms with Crippen molar-refractivity contribution in [1.29, 1.82) is 0 Å². The summed E-state index contributed by atoms with van der Waals surface area (Å²) in [5.74, 6) is -0.377. The van der Waals surface area contributed by atoms with Crippen molar-refractivity contribution >= 4 is 50.7 Å². The Kier molecular flexibility index (Phi) is 12.1. The Labute approximate surface area is 263 Å². The van der Waals surface area contributed by atoms with Crippen LogP contribution in [0.15, 0.2) is 71.6 Å². The zero-order valence-corrected chi connectivity index (χ0v) is 27.2. The summed E-state index contributed by atoms with van der Waals surface area (Å²) in [6.07, 6.45) is 0.977. The SMILES string of the molecule is CC[C@H](C)NC(=O)[C@H](CC)N(Cc1ccc(Cl)c(Cl)c1)C(=O)CN(c1cc(OC)ccc1OC)S(=O)(=O)c1ccccc1. The van der Waals surface area contributed by atoms with Gasteiger partial charge in [-0.25, -0.2) is 8.42 Å². The third-order valence-corrected chi connectivity index (χ3v) is 9.50. The van der Waals surface area contributed by atoms with Crippen molar-refractivity contribution in [2.24, 2.45) is 0 Å². The van der Waals surface area contributed by atoms with Crippen molar-refractivity contribution in [2.75, 3.05) is 25.1 Å². The molecule has 0 unspecified atom stereocenters. The number of carbonyl (C=O) groups is 2. The monoisotopic (exact) mass is 649 g/mol. The average Bonchev–Trinajstić information content (AvgIpc) is 3.01. The van der Waals surface area contributed by atoms with E-state index in [0.29, 0.717) is 22.8 Å². The molecule has 0 aromatic heterocycles. The summed E-state index contributed by atoms with van der Waals surface area (Å²) in [4.78, 5) is 29.1. The molecule has 2 amide bonds. The highest BCUT2D eigenvalue weighted by Crippen LogP contribution is 2.36. The highest BCUT2D eigenvalue weighted by atomic mass is 35.5. The first-order valence-corrected chi connectivity index (χ1v) is 16.0. The van der Waals surface area contributed by atoms with Gasteiger partial charge in [-0.2, -0.15) is 0 Å². The van der Waals surface area contributed by atoms with E-state index in [1.54, 1.807) is 55.5 Å². The minimum absolute atomic E-state index is 0.0172. The number of ether oxygens (including phenoxy) is 2. The van der Waals surface area contributed by atoms with Gasteiger partial charge in [-0.15, -0.1) is 0 Å². The van der Waals surface area contributed by atoms with E-state index in [-0.39, 0.29) is 46.3 Å². The zero-order chi connectivity index (χ0) is 31.7. The van der Waals surface area contributed by atoms with Crippen molar-refractivity contribution in [3.05, 3.63) is 82.3 Å². The van der Waals surface area contributed by atoms with Crippen LogP contribution < -0.4 is 19.1 Å². The number of benzene rings is 3. The summed E-state index contributed by atoms with van der Waals surface area (Å²) in [5, 5.41) is 3.58. The number of nitrogens with zero attached hydrogens (tertiary/aromatic N) is 2. The van der Waals surface area contributed by atoms with Crippen LogP contribution in [0, 0.1) is 0 Å². The smallest absolute Gasteiger partial charge is 0.264 e. The predicted octanol–water partition coefficient (Wildman–Crippen LogP) is 5.93. The molecule has 0 radical (unpaired) electrons. The van der Waals surface area contributed by atoms with Crippen LogP contribution in [-0.4, -0.2) is 58.0 Å². The van der Waals surface area contributed by atoms with Gasteiger partial charge in [0, 0.05) is 18.7 Å². The zero-order valence-electron chi connectivity index (χ0n) is 24.8.